The first kappa shape index (κ1) is 21.2. The van der Waals surface area contributed by atoms with E-state index in [-0.39, 0.29) is 35.2 Å². The van der Waals surface area contributed by atoms with Crippen LogP contribution in [0.1, 0.15) is 23.4 Å². The maximum absolute atomic E-state index is 12.3. The van der Waals surface area contributed by atoms with E-state index in [2.05, 4.69) is 25.1 Å². The minimum absolute atomic E-state index is 0.00968. The number of aryl methyl sites for hydroxylation is 2. The van der Waals surface area contributed by atoms with Gasteiger partial charge in [0.15, 0.2) is 5.76 Å². The molecule has 2 aromatic rings. The number of anilines is 1. The van der Waals surface area contributed by atoms with Gasteiger partial charge in [0.05, 0.1) is 13.2 Å². The molecule has 11 heteroatoms. The third-order valence-corrected chi connectivity index (χ3v) is 6.24. The molecule has 1 saturated heterocycles. The summed E-state index contributed by atoms with van der Waals surface area (Å²) in [6, 6.07) is 3.74. The quantitative estimate of drug-likeness (QED) is 0.629. The van der Waals surface area contributed by atoms with Crippen molar-refractivity contribution in [3.8, 4) is 0 Å². The van der Waals surface area contributed by atoms with Gasteiger partial charge in [-0.25, -0.2) is 18.1 Å². The minimum Gasteiger partial charge on any atom is -0.378 e. The number of aromatic nitrogens is 2. The molecule has 1 fully saturated rings. The number of nitrogens with one attached hydrogen (secondary N) is 2. The average Bonchev–Trinajstić information content (AvgIpc) is 3.06. The molecule has 1 amide bonds. The molecule has 3 rings (SSSR count). The van der Waals surface area contributed by atoms with Crippen molar-refractivity contribution in [3.63, 3.8) is 0 Å². The first-order chi connectivity index (χ1) is 13.9. The topological polar surface area (TPSA) is 127 Å². The van der Waals surface area contributed by atoms with Crippen LogP contribution in [-0.2, 0) is 26.1 Å². The second kappa shape index (κ2) is 9.33. The Morgan fingerprint density at radius 3 is 2.72 bits per heavy atom. The van der Waals surface area contributed by atoms with Crippen molar-refractivity contribution < 1.29 is 22.5 Å². The molecule has 29 heavy (non-hydrogen) atoms. The van der Waals surface area contributed by atoms with E-state index in [9.17, 15) is 13.2 Å². The normalized spacial score (nSPS) is 14.8. The monoisotopic (exact) mass is 423 g/mol. The highest BCUT2D eigenvalue weighted by atomic mass is 32.2. The van der Waals surface area contributed by atoms with Gasteiger partial charge < -0.3 is 19.5 Å². The highest BCUT2D eigenvalue weighted by Gasteiger charge is 2.24. The number of morpholine rings is 1. The predicted octanol–water partition coefficient (Wildman–Crippen LogP) is 0.508. The Morgan fingerprint density at radius 2 is 2.03 bits per heavy atom. The summed E-state index contributed by atoms with van der Waals surface area (Å²) >= 11 is 0. The van der Waals surface area contributed by atoms with Gasteiger partial charge in [0.1, 0.15) is 16.4 Å². The van der Waals surface area contributed by atoms with Crippen molar-refractivity contribution in [1.29, 1.82) is 0 Å². The zero-order chi connectivity index (χ0) is 20.9. The van der Waals surface area contributed by atoms with Crippen LogP contribution in [0.15, 0.2) is 27.7 Å². The summed E-state index contributed by atoms with van der Waals surface area (Å²) in [5.74, 6) is 0.783. The number of rotatable bonds is 8. The number of hydrogen-bond donors (Lipinski definition) is 2. The molecule has 0 unspecified atom stereocenters. The number of amides is 1. The molecule has 1 aliphatic rings. The van der Waals surface area contributed by atoms with Gasteiger partial charge in [0, 0.05) is 44.4 Å². The smallest absolute Gasteiger partial charge is 0.245 e. The zero-order valence-electron chi connectivity index (χ0n) is 16.5. The van der Waals surface area contributed by atoms with E-state index in [1.54, 1.807) is 13.1 Å². The molecule has 0 aliphatic carbocycles. The van der Waals surface area contributed by atoms with Gasteiger partial charge in [-0.15, -0.1) is 0 Å². The molecule has 0 spiro atoms. The molecular weight excluding hydrogens is 398 g/mol. The van der Waals surface area contributed by atoms with Gasteiger partial charge in [0.2, 0.25) is 15.9 Å². The maximum atomic E-state index is 12.3. The Bertz CT molecular complexity index is 934. The number of ether oxygens (including phenoxy) is 1. The number of carbonyl (C=O) groups excluding carboxylic acids is 1. The summed E-state index contributed by atoms with van der Waals surface area (Å²) < 4.78 is 37.4. The van der Waals surface area contributed by atoms with E-state index < -0.39 is 10.0 Å². The second-order valence-corrected chi connectivity index (χ2v) is 8.37. The van der Waals surface area contributed by atoms with Crippen molar-refractivity contribution in [2.45, 2.75) is 31.7 Å². The molecule has 3 heterocycles. The largest absolute Gasteiger partial charge is 0.378 e. The summed E-state index contributed by atoms with van der Waals surface area (Å²) in [4.78, 5) is 18.8. The Morgan fingerprint density at radius 1 is 1.28 bits per heavy atom. The summed E-state index contributed by atoms with van der Waals surface area (Å²) in [5, 5.41) is 6.46. The standard InChI is InChI=1S/C18H25N5O5S/c1-13-17(14(2)28-22-13)29(25,26)21-7-5-16(24)20-12-15-4-3-6-19-18(15)23-8-10-27-11-9-23/h3-4,6,21H,5,7-12H2,1-2H3,(H,20,24). The van der Waals surface area contributed by atoms with Crippen molar-refractivity contribution in [2.24, 2.45) is 0 Å². The Kier molecular flexibility index (Phi) is 6.83. The van der Waals surface area contributed by atoms with Crippen LogP contribution in [0.3, 0.4) is 0 Å². The Labute approximate surface area is 169 Å². The molecule has 0 atom stereocenters. The fourth-order valence-corrected chi connectivity index (χ4v) is 4.50. The molecule has 1 aliphatic heterocycles. The van der Waals surface area contributed by atoms with Crippen LogP contribution in [0.25, 0.3) is 0 Å². The van der Waals surface area contributed by atoms with Gasteiger partial charge in [0.25, 0.3) is 0 Å². The summed E-state index contributed by atoms with van der Waals surface area (Å²) in [7, 11) is -3.78. The third kappa shape index (κ3) is 5.31. The minimum atomic E-state index is -3.78. The lowest BCUT2D eigenvalue weighted by Gasteiger charge is -2.29. The lowest BCUT2D eigenvalue weighted by atomic mass is 10.2. The second-order valence-electron chi connectivity index (χ2n) is 6.66. The van der Waals surface area contributed by atoms with Crippen LogP contribution < -0.4 is 14.9 Å². The lowest BCUT2D eigenvalue weighted by Crippen LogP contribution is -2.38. The summed E-state index contributed by atoms with van der Waals surface area (Å²) in [6.45, 7) is 6.17. The predicted molar refractivity (Wildman–Crippen MR) is 105 cm³/mol. The lowest BCUT2D eigenvalue weighted by molar-refractivity contribution is -0.121. The van der Waals surface area contributed by atoms with E-state index in [0.29, 0.717) is 19.8 Å². The molecule has 10 nitrogen and oxygen atoms in total. The van der Waals surface area contributed by atoms with E-state index in [0.717, 1.165) is 24.5 Å². The zero-order valence-corrected chi connectivity index (χ0v) is 17.3. The van der Waals surface area contributed by atoms with Crippen LogP contribution in [0, 0.1) is 13.8 Å². The molecule has 2 aromatic heterocycles. The molecule has 158 valence electrons. The third-order valence-electron chi connectivity index (χ3n) is 4.53. The number of hydrogen-bond acceptors (Lipinski definition) is 8. The van der Waals surface area contributed by atoms with Gasteiger partial charge in [-0.05, 0) is 19.9 Å². The highest BCUT2D eigenvalue weighted by Crippen LogP contribution is 2.19. The fraction of sp³-hybridized carbons (Fsp3) is 0.500. The van der Waals surface area contributed by atoms with Gasteiger partial charge >= 0.3 is 0 Å². The molecule has 0 radical (unpaired) electrons. The van der Waals surface area contributed by atoms with E-state index in [1.165, 1.54) is 6.92 Å². The number of nitrogens with zero attached hydrogens (tertiary/aromatic N) is 3. The van der Waals surface area contributed by atoms with Crippen LogP contribution >= 0.6 is 0 Å². The molecule has 2 N–H and O–H groups in total. The highest BCUT2D eigenvalue weighted by molar-refractivity contribution is 7.89. The van der Waals surface area contributed by atoms with Crippen LogP contribution in [0.5, 0.6) is 0 Å². The van der Waals surface area contributed by atoms with E-state index in [1.807, 2.05) is 12.1 Å². The van der Waals surface area contributed by atoms with Crippen LogP contribution in [0.2, 0.25) is 0 Å². The number of pyridine rings is 1. The van der Waals surface area contributed by atoms with E-state index in [4.69, 9.17) is 9.26 Å². The molecule has 0 saturated carbocycles. The molecular formula is C18H25N5O5S. The summed E-state index contributed by atoms with van der Waals surface area (Å²) in [5.41, 5.74) is 1.19. The van der Waals surface area contributed by atoms with Gasteiger partial charge in [-0.3, -0.25) is 4.79 Å². The number of sulfonamides is 1. The van der Waals surface area contributed by atoms with Crippen LogP contribution in [-0.4, -0.2) is 57.3 Å². The Balaban J connectivity index is 1.51. The first-order valence-corrected chi connectivity index (χ1v) is 10.8. The van der Waals surface area contributed by atoms with Crippen molar-refractivity contribution in [2.75, 3.05) is 37.7 Å². The van der Waals surface area contributed by atoms with Crippen molar-refractivity contribution >= 4 is 21.7 Å². The average molecular weight is 423 g/mol. The van der Waals surface area contributed by atoms with Gasteiger partial charge in [-0.1, -0.05) is 11.2 Å². The fourth-order valence-electron chi connectivity index (χ4n) is 3.14. The van der Waals surface area contributed by atoms with Gasteiger partial charge in [-0.2, -0.15) is 0 Å². The van der Waals surface area contributed by atoms with Crippen LogP contribution in [0.4, 0.5) is 5.82 Å². The molecule has 0 aromatic carbocycles. The SMILES string of the molecule is Cc1noc(C)c1S(=O)(=O)NCCC(=O)NCc1cccnc1N1CCOCC1. The molecule has 0 bridgehead atoms. The maximum Gasteiger partial charge on any atom is 0.245 e. The van der Waals surface area contributed by atoms with Crippen molar-refractivity contribution in [3.05, 3.63) is 35.3 Å². The Hall–Kier alpha value is -2.50. The summed E-state index contributed by atoms with van der Waals surface area (Å²) in [6.07, 6.45) is 1.73. The number of carbonyl (C=O) groups is 1. The first-order valence-electron chi connectivity index (χ1n) is 9.34. The van der Waals surface area contributed by atoms with Crippen molar-refractivity contribution in [1.82, 2.24) is 20.2 Å². The van der Waals surface area contributed by atoms with E-state index >= 15 is 0 Å².